The average Bonchev–Trinajstić information content (AvgIpc) is 3.15. The molecule has 0 aliphatic heterocycles. The van der Waals surface area contributed by atoms with E-state index in [1.807, 2.05) is 62.4 Å². The van der Waals surface area contributed by atoms with Gasteiger partial charge in [0.05, 0.1) is 6.54 Å². The number of carbonyl (C=O) groups excluding carboxylic acids is 1. The maximum absolute atomic E-state index is 12.4. The van der Waals surface area contributed by atoms with Gasteiger partial charge in [-0.1, -0.05) is 57.8 Å². The van der Waals surface area contributed by atoms with E-state index in [0.29, 0.717) is 23.9 Å². The predicted octanol–water partition coefficient (Wildman–Crippen LogP) is 4.28. The third kappa shape index (κ3) is 5.17. The molecule has 27 heavy (non-hydrogen) atoms. The van der Waals surface area contributed by atoms with E-state index in [4.69, 9.17) is 9.26 Å². The zero-order chi connectivity index (χ0) is 19.2. The topological polar surface area (TPSA) is 77.2 Å². The minimum absolute atomic E-state index is 0.146. The van der Waals surface area contributed by atoms with Gasteiger partial charge in [0.1, 0.15) is 5.75 Å². The lowest BCUT2D eigenvalue weighted by atomic mass is 10.2. The van der Waals surface area contributed by atoms with Crippen LogP contribution in [0.2, 0.25) is 0 Å². The Balaban J connectivity index is 1.58. The van der Waals surface area contributed by atoms with Gasteiger partial charge in [0.15, 0.2) is 6.10 Å². The lowest BCUT2D eigenvalue weighted by Gasteiger charge is -2.16. The lowest BCUT2D eigenvalue weighted by molar-refractivity contribution is -0.128. The highest BCUT2D eigenvalue weighted by Gasteiger charge is 2.19. The van der Waals surface area contributed by atoms with Crippen LogP contribution in [0.1, 0.15) is 24.8 Å². The van der Waals surface area contributed by atoms with Gasteiger partial charge in [-0.25, -0.2) is 0 Å². The summed E-state index contributed by atoms with van der Waals surface area (Å²) in [5.74, 6) is 1.25. The van der Waals surface area contributed by atoms with Crippen molar-refractivity contribution in [1.29, 1.82) is 0 Å². The first-order chi connectivity index (χ1) is 13.0. The van der Waals surface area contributed by atoms with E-state index in [2.05, 4.69) is 31.4 Å². The summed E-state index contributed by atoms with van der Waals surface area (Å²) in [7, 11) is 0. The fourth-order valence-electron chi connectivity index (χ4n) is 2.45. The van der Waals surface area contributed by atoms with Crippen molar-refractivity contribution in [3.63, 3.8) is 0 Å². The molecule has 0 bridgehead atoms. The van der Waals surface area contributed by atoms with Gasteiger partial charge in [-0.2, -0.15) is 4.98 Å². The van der Waals surface area contributed by atoms with Gasteiger partial charge >= 0.3 is 0 Å². The van der Waals surface area contributed by atoms with Crippen molar-refractivity contribution in [3.8, 4) is 17.1 Å². The summed E-state index contributed by atoms with van der Waals surface area (Å²) < 4.78 is 11.9. The Bertz CT molecular complexity index is 909. The number of amides is 1. The third-order valence-corrected chi connectivity index (χ3v) is 4.42. The van der Waals surface area contributed by atoms with Crippen LogP contribution in [-0.4, -0.2) is 22.2 Å². The number of benzene rings is 2. The number of aryl methyl sites for hydroxylation is 1. The molecule has 1 N–H and O–H groups in total. The van der Waals surface area contributed by atoms with Crippen LogP contribution in [0, 0.1) is 6.92 Å². The largest absolute Gasteiger partial charge is 0.481 e. The van der Waals surface area contributed by atoms with E-state index in [-0.39, 0.29) is 12.5 Å². The van der Waals surface area contributed by atoms with Crippen LogP contribution in [0.15, 0.2) is 57.5 Å². The van der Waals surface area contributed by atoms with Crippen LogP contribution >= 0.6 is 15.9 Å². The Morgan fingerprint density at radius 1 is 1.26 bits per heavy atom. The normalized spacial score (nSPS) is 11.8. The molecule has 0 spiro atoms. The molecule has 6 nitrogen and oxygen atoms in total. The molecule has 1 aromatic heterocycles. The molecule has 0 saturated heterocycles. The quantitative estimate of drug-likeness (QED) is 0.606. The molecule has 3 rings (SSSR count). The molecular formula is C20H20BrN3O3. The van der Waals surface area contributed by atoms with Crippen molar-refractivity contribution in [1.82, 2.24) is 15.5 Å². The SMILES string of the molecule is CC[C@@H](Oc1ccc(C)cc1)C(=O)NCc1nc(-c2cccc(Br)c2)no1. The standard InChI is InChI=1S/C20H20BrN3O3/c1-3-17(26-16-9-7-13(2)8-10-16)20(25)22-12-18-23-19(24-27-18)14-5-4-6-15(21)11-14/h4-11,17H,3,12H2,1-2H3,(H,22,25)/t17-/m1/s1. The molecule has 1 atom stereocenters. The van der Waals surface area contributed by atoms with Crippen LogP contribution in [0.5, 0.6) is 5.75 Å². The van der Waals surface area contributed by atoms with Gasteiger partial charge in [0.25, 0.3) is 5.91 Å². The fraction of sp³-hybridized carbons (Fsp3) is 0.250. The molecular weight excluding hydrogens is 410 g/mol. The van der Waals surface area contributed by atoms with Gasteiger partial charge < -0.3 is 14.6 Å². The summed E-state index contributed by atoms with van der Waals surface area (Å²) in [6.45, 7) is 4.05. The number of hydrogen-bond acceptors (Lipinski definition) is 5. The van der Waals surface area contributed by atoms with Crippen LogP contribution < -0.4 is 10.1 Å². The van der Waals surface area contributed by atoms with E-state index in [0.717, 1.165) is 15.6 Å². The fourth-order valence-corrected chi connectivity index (χ4v) is 2.85. The van der Waals surface area contributed by atoms with Gasteiger partial charge in [0.2, 0.25) is 11.7 Å². The summed E-state index contributed by atoms with van der Waals surface area (Å²) in [4.78, 5) is 16.7. The molecule has 1 amide bonds. The molecule has 140 valence electrons. The second kappa shape index (κ2) is 8.81. The second-order valence-corrected chi connectivity index (χ2v) is 6.98. The summed E-state index contributed by atoms with van der Waals surface area (Å²) in [5.41, 5.74) is 1.97. The number of carbonyl (C=O) groups is 1. The average molecular weight is 430 g/mol. The molecule has 1 heterocycles. The molecule has 0 saturated carbocycles. The van der Waals surface area contributed by atoms with E-state index >= 15 is 0 Å². The molecule has 7 heteroatoms. The smallest absolute Gasteiger partial charge is 0.261 e. The third-order valence-electron chi connectivity index (χ3n) is 3.93. The van der Waals surface area contributed by atoms with Crippen LogP contribution in [0.25, 0.3) is 11.4 Å². The summed E-state index contributed by atoms with van der Waals surface area (Å²) in [6, 6.07) is 15.2. The molecule has 0 aliphatic rings. The maximum Gasteiger partial charge on any atom is 0.261 e. The van der Waals surface area contributed by atoms with E-state index in [1.165, 1.54) is 0 Å². The Labute approximate surface area is 166 Å². The Morgan fingerprint density at radius 3 is 2.74 bits per heavy atom. The number of nitrogens with zero attached hydrogens (tertiary/aromatic N) is 2. The first-order valence-electron chi connectivity index (χ1n) is 8.64. The molecule has 0 radical (unpaired) electrons. The number of nitrogens with one attached hydrogen (secondary N) is 1. The van der Waals surface area contributed by atoms with Crippen molar-refractivity contribution < 1.29 is 14.1 Å². The van der Waals surface area contributed by atoms with Crippen LogP contribution in [0.3, 0.4) is 0 Å². The number of rotatable bonds is 7. The van der Waals surface area contributed by atoms with E-state index in [1.54, 1.807) is 0 Å². The molecule has 2 aromatic carbocycles. The molecule has 0 unspecified atom stereocenters. The first kappa shape index (κ1) is 19.1. The molecule has 0 aliphatic carbocycles. The predicted molar refractivity (Wildman–Crippen MR) is 105 cm³/mol. The Morgan fingerprint density at radius 2 is 2.04 bits per heavy atom. The van der Waals surface area contributed by atoms with E-state index < -0.39 is 6.10 Å². The van der Waals surface area contributed by atoms with Crippen LogP contribution in [-0.2, 0) is 11.3 Å². The van der Waals surface area contributed by atoms with Gasteiger partial charge in [-0.05, 0) is 37.6 Å². The van der Waals surface area contributed by atoms with Gasteiger partial charge in [0, 0.05) is 10.0 Å². The van der Waals surface area contributed by atoms with Crippen molar-refractivity contribution in [2.45, 2.75) is 32.9 Å². The first-order valence-corrected chi connectivity index (χ1v) is 9.44. The monoisotopic (exact) mass is 429 g/mol. The zero-order valence-electron chi connectivity index (χ0n) is 15.1. The summed E-state index contributed by atoms with van der Waals surface area (Å²) in [5, 5.41) is 6.75. The highest BCUT2D eigenvalue weighted by atomic mass is 79.9. The Kier molecular flexibility index (Phi) is 6.24. The van der Waals surface area contributed by atoms with Gasteiger partial charge in [-0.3, -0.25) is 4.79 Å². The Hall–Kier alpha value is -2.67. The highest BCUT2D eigenvalue weighted by Crippen LogP contribution is 2.20. The lowest BCUT2D eigenvalue weighted by Crippen LogP contribution is -2.37. The minimum Gasteiger partial charge on any atom is -0.481 e. The number of ether oxygens (including phenoxy) is 1. The van der Waals surface area contributed by atoms with Crippen molar-refractivity contribution >= 4 is 21.8 Å². The van der Waals surface area contributed by atoms with Crippen molar-refractivity contribution in [3.05, 3.63) is 64.5 Å². The zero-order valence-corrected chi connectivity index (χ0v) is 16.7. The van der Waals surface area contributed by atoms with Gasteiger partial charge in [-0.15, -0.1) is 0 Å². The highest BCUT2D eigenvalue weighted by molar-refractivity contribution is 9.10. The molecule has 0 fully saturated rings. The van der Waals surface area contributed by atoms with Crippen molar-refractivity contribution in [2.75, 3.05) is 0 Å². The summed E-state index contributed by atoms with van der Waals surface area (Å²) >= 11 is 3.41. The summed E-state index contributed by atoms with van der Waals surface area (Å²) in [6.07, 6.45) is -0.0347. The number of aromatic nitrogens is 2. The van der Waals surface area contributed by atoms with E-state index in [9.17, 15) is 4.79 Å². The van der Waals surface area contributed by atoms with Crippen molar-refractivity contribution in [2.24, 2.45) is 0 Å². The number of hydrogen-bond donors (Lipinski definition) is 1. The molecule has 3 aromatic rings. The second-order valence-electron chi connectivity index (χ2n) is 6.07. The minimum atomic E-state index is -0.583. The van der Waals surface area contributed by atoms with Crippen LogP contribution in [0.4, 0.5) is 0 Å². The number of halogens is 1. The maximum atomic E-state index is 12.4.